The molecule has 0 aliphatic carbocycles. The number of amides is 3. The third kappa shape index (κ3) is 3.91. The molecule has 1 aromatic heterocycles. The summed E-state index contributed by atoms with van der Waals surface area (Å²) >= 11 is 3.37. The summed E-state index contributed by atoms with van der Waals surface area (Å²) in [5.41, 5.74) is 1.08. The van der Waals surface area contributed by atoms with E-state index in [4.69, 9.17) is 9.15 Å². The molecular weight excluding hydrogens is 414 g/mol. The monoisotopic (exact) mass is 431 g/mol. The Morgan fingerprint density at radius 1 is 1.07 bits per heavy atom. The summed E-state index contributed by atoms with van der Waals surface area (Å²) in [5, 5.41) is 2.62. The second-order valence-electron chi connectivity index (χ2n) is 6.28. The molecule has 4 rings (SSSR count). The Kier molecular flexibility index (Phi) is 5.00. The van der Waals surface area contributed by atoms with Gasteiger partial charge in [-0.2, -0.15) is 0 Å². The number of ether oxygens (including phenoxy) is 1. The number of morpholine rings is 1. The average molecular weight is 432 g/mol. The van der Waals surface area contributed by atoms with E-state index in [1.807, 2.05) is 30.3 Å². The highest BCUT2D eigenvalue weighted by atomic mass is 79.9. The van der Waals surface area contributed by atoms with Crippen LogP contribution in [0.15, 0.2) is 51.0 Å². The zero-order chi connectivity index (χ0) is 18.8. The molecule has 2 fully saturated rings. The summed E-state index contributed by atoms with van der Waals surface area (Å²) in [4.78, 5) is 28.1. The highest BCUT2D eigenvalue weighted by Gasteiger charge is 2.33. The topological polar surface area (TPSA) is 75.0 Å². The minimum Gasteiger partial charge on any atom is -0.441 e. The molecule has 3 amide bonds. The van der Waals surface area contributed by atoms with Gasteiger partial charge in [-0.1, -0.05) is 28.1 Å². The van der Waals surface area contributed by atoms with E-state index in [2.05, 4.69) is 26.1 Å². The zero-order valence-electron chi connectivity index (χ0n) is 14.5. The third-order valence-corrected chi connectivity index (χ3v) is 4.97. The van der Waals surface area contributed by atoms with Crippen molar-refractivity contribution in [3.05, 3.63) is 57.9 Å². The fraction of sp³-hybridized carbons (Fsp3) is 0.263. The molecule has 1 N–H and O–H groups in total. The van der Waals surface area contributed by atoms with Gasteiger partial charge in [0.25, 0.3) is 5.91 Å². The molecule has 0 unspecified atom stereocenters. The quantitative estimate of drug-likeness (QED) is 0.594. The van der Waals surface area contributed by atoms with Gasteiger partial charge in [-0.15, -0.1) is 0 Å². The lowest BCUT2D eigenvalue weighted by Crippen LogP contribution is -2.35. The number of halogens is 1. The van der Waals surface area contributed by atoms with Crippen LogP contribution >= 0.6 is 15.9 Å². The molecule has 2 aromatic rings. The van der Waals surface area contributed by atoms with Crippen LogP contribution in [0.4, 0.5) is 10.7 Å². The van der Waals surface area contributed by atoms with E-state index in [9.17, 15) is 9.59 Å². The highest BCUT2D eigenvalue weighted by Crippen LogP contribution is 2.23. The summed E-state index contributed by atoms with van der Waals surface area (Å²) < 4.78 is 12.1. The minimum absolute atomic E-state index is 0.208. The molecule has 140 valence electrons. The maximum atomic E-state index is 12.6. The number of carbonyl (C=O) groups is 2. The van der Waals surface area contributed by atoms with E-state index in [0.29, 0.717) is 19.0 Å². The minimum atomic E-state index is -0.436. The Morgan fingerprint density at radius 2 is 1.81 bits per heavy atom. The van der Waals surface area contributed by atoms with Crippen LogP contribution in [0.5, 0.6) is 0 Å². The first-order valence-corrected chi connectivity index (χ1v) is 9.41. The van der Waals surface area contributed by atoms with Gasteiger partial charge in [0.1, 0.15) is 11.5 Å². The Labute approximate surface area is 164 Å². The van der Waals surface area contributed by atoms with E-state index in [0.717, 1.165) is 29.0 Å². The first-order valence-electron chi connectivity index (χ1n) is 8.62. The summed E-state index contributed by atoms with van der Waals surface area (Å²) in [6, 6.07) is 10.7. The summed E-state index contributed by atoms with van der Waals surface area (Å²) in [7, 11) is 0. The Hall–Kier alpha value is -2.58. The lowest BCUT2D eigenvalue weighted by atomic mass is 10.2. The van der Waals surface area contributed by atoms with Crippen molar-refractivity contribution in [3.8, 4) is 0 Å². The molecule has 0 atom stereocenters. The molecule has 0 bridgehead atoms. The molecule has 3 heterocycles. The van der Waals surface area contributed by atoms with Crippen molar-refractivity contribution >= 4 is 39.8 Å². The number of nitrogens with one attached hydrogen (secondary N) is 1. The normalized spacial score (nSPS) is 19.1. The van der Waals surface area contributed by atoms with Crippen molar-refractivity contribution < 1.29 is 18.7 Å². The van der Waals surface area contributed by atoms with Crippen molar-refractivity contribution in [2.75, 3.05) is 31.2 Å². The molecule has 2 aliphatic heterocycles. The maximum absolute atomic E-state index is 12.6. The van der Waals surface area contributed by atoms with Gasteiger partial charge in [-0.25, -0.2) is 4.79 Å². The second kappa shape index (κ2) is 7.58. The van der Waals surface area contributed by atoms with Crippen LogP contribution in [0.3, 0.4) is 0 Å². The van der Waals surface area contributed by atoms with Gasteiger partial charge in [0.05, 0.1) is 19.8 Å². The number of urea groups is 1. The van der Waals surface area contributed by atoms with Gasteiger partial charge in [0.2, 0.25) is 0 Å². The van der Waals surface area contributed by atoms with E-state index in [-0.39, 0.29) is 18.1 Å². The molecule has 0 saturated carbocycles. The van der Waals surface area contributed by atoms with Gasteiger partial charge >= 0.3 is 6.03 Å². The molecule has 0 radical (unpaired) electrons. The van der Waals surface area contributed by atoms with Crippen LogP contribution in [0.25, 0.3) is 6.08 Å². The standard InChI is InChI=1S/C19H18BrN3O4/c20-14-3-1-13(2-4-14)12-23-18(24)16(21-19(23)25)11-15-5-6-17(27-15)22-7-9-26-10-8-22/h1-6,11H,7-10,12H2,(H,21,25)/b16-11-. The number of hydrogen-bond donors (Lipinski definition) is 1. The number of nitrogens with zero attached hydrogens (tertiary/aromatic N) is 2. The predicted molar refractivity (Wildman–Crippen MR) is 103 cm³/mol. The summed E-state index contributed by atoms with van der Waals surface area (Å²) in [6.07, 6.45) is 1.56. The fourth-order valence-electron chi connectivity index (χ4n) is 3.00. The smallest absolute Gasteiger partial charge is 0.329 e. The van der Waals surface area contributed by atoms with Gasteiger partial charge in [0, 0.05) is 29.7 Å². The Morgan fingerprint density at radius 3 is 2.56 bits per heavy atom. The number of carbonyl (C=O) groups excluding carboxylic acids is 2. The van der Waals surface area contributed by atoms with Crippen LogP contribution in [0.1, 0.15) is 11.3 Å². The molecule has 2 saturated heterocycles. The number of furan rings is 1. The first-order chi connectivity index (χ1) is 13.1. The second-order valence-corrected chi connectivity index (χ2v) is 7.20. The number of hydrogen-bond acceptors (Lipinski definition) is 5. The van der Waals surface area contributed by atoms with Gasteiger partial charge in [-0.05, 0) is 23.8 Å². The zero-order valence-corrected chi connectivity index (χ0v) is 16.1. The van der Waals surface area contributed by atoms with Gasteiger partial charge < -0.3 is 19.4 Å². The van der Waals surface area contributed by atoms with E-state index >= 15 is 0 Å². The number of imide groups is 1. The maximum Gasteiger partial charge on any atom is 0.329 e. The molecule has 7 nitrogen and oxygen atoms in total. The lowest BCUT2D eigenvalue weighted by molar-refractivity contribution is -0.123. The Balaban J connectivity index is 1.47. The lowest BCUT2D eigenvalue weighted by Gasteiger charge is -2.26. The van der Waals surface area contributed by atoms with Crippen LogP contribution < -0.4 is 10.2 Å². The van der Waals surface area contributed by atoms with Crippen LogP contribution in [0.2, 0.25) is 0 Å². The van der Waals surface area contributed by atoms with Crippen LogP contribution in [-0.4, -0.2) is 43.1 Å². The van der Waals surface area contributed by atoms with Crippen LogP contribution in [0, 0.1) is 0 Å². The predicted octanol–water partition coefficient (Wildman–Crippen LogP) is 2.97. The number of benzene rings is 1. The summed E-state index contributed by atoms with van der Waals surface area (Å²) in [6.45, 7) is 3.07. The third-order valence-electron chi connectivity index (χ3n) is 4.44. The first kappa shape index (κ1) is 17.8. The van der Waals surface area contributed by atoms with Crippen molar-refractivity contribution in [1.82, 2.24) is 10.2 Å². The molecule has 1 aromatic carbocycles. The Bertz CT molecular complexity index is 885. The van der Waals surface area contributed by atoms with Crippen molar-refractivity contribution in [2.45, 2.75) is 6.54 Å². The molecule has 8 heteroatoms. The van der Waals surface area contributed by atoms with Crippen molar-refractivity contribution in [3.63, 3.8) is 0 Å². The number of rotatable bonds is 4. The molecular formula is C19H18BrN3O4. The van der Waals surface area contributed by atoms with E-state index < -0.39 is 6.03 Å². The highest BCUT2D eigenvalue weighted by molar-refractivity contribution is 9.10. The number of anilines is 1. The fourth-order valence-corrected chi connectivity index (χ4v) is 3.27. The van der Waals surface area contributed by atoms with Crippen molar-refractivity contribution in [2.24, 2.45) is 0 Å². The van der Waals surface area contributed by atoms with Gasteiger partial charge in [0.15, 0.2) is 5.88 Å². The summed E-state index contributed by atoms with van der Waals surface area (Å²) in [5.74, 6) is 0.881. The van der Waals surface area contributed by atoms with E-state index in [1.165, 1.54) is 4.90 Å². The van der Waals surface area contributed by atoms with Crippen molar-refractivity contribution in [1.29, 1.82) is 0 Å². The SMILES string of the molecule is O=C1N/C(=C\c2ccc(N3CCOCC3)o2)C(=O)N1Cc1ccc(Br)cc1. The van der Waals surface area contributed by atoms with Crippen LogP contribution in [-0.2, 0) is 16.1 Å². The van der Waals surface area contributed by atoms with Gasteiger partial charge in [-0.3, -0.25) is 9.69 Å². The van der Waals surface area contributed by atoms with E-state index in [1.54, 1.807) is 12.1 Å². The average Bonchev–Trinajstić information content (AvgIpc) is 3.25. The largest absolute Gasteiger partial charge is 0.441 e. The molecule has 2 aliphatic rings. The molecule has 27 heavy (non-hydrogen) atoms. The molecule has 0 spiro atoms.